The minimum Gasteiger partial charge on any atom is -0.399 e. The number of benzene rings is 1. The van der Waals surface area contributed by atoms with E-state index in [0.29, 0.717) is 12.0 Å². The van der Waals surface area contributed by atoms with Gasteiger partial charge in [-0.3, -0.25) is 0 Å². The Kier molecular flexibility index (Phi) is 3.84. The molecule has 0 bridgehead atoms. The number of hydrogen-bond donors (Lipinski definition) is 1. The molecule has 24 heavy (non-hydrogen) atoms. The molecule has 2 N–H and O–H groups in total. The molecule has 0 unspecified atom stereocenters. The summed E-state index contributed by atoms with van der Waals surface area (Å²) in [7, 11) is 0. The summed E-state index contributed by atoms with van der Waals surface area (Å²) < 4.78 is 14.5. The van der Waals surface area contributed by atoms with Crippen molar-refractivity contribution in [3.8, 4) is 18.2 Å². The molecule has 3 rings (SSSR count). The molecule has 0 aliphatic heterocycles. The van der Waals surface area contributed by atoms with Crippen LogP contribution in [0.15, 0.2) is 47.2 Å². The van der Waals surface area contributed by atoms with Gasteiger partial charge in [-0.1, -0.05) is 24.3 Å². The fourth-order valence-electron chi connectivity index (χ4n) is 3.94. The van der Waals surface area contributed by atoms with Crippen molar-refractivity contribution >= 4 is 0 Å². The maximum atomic E-state index is 14.5. The second-order valence-electron chi connectivity index (χ2n) is 6.13. The molecule has 2 aliphatic rings. The van der Waals surface area contributed by atoms with Gasteiger partial charge in [0.2, 0.25) is 0 Å². The SMILES string of the molecule is N#CC1=C(N)C(C#N)(C#N)[C@H](c2ccccc2F)[C@H]2CCCC=C12. The molecule has 2 aliphatic carbocycles. The van der Waals surface area contributed by atoms with Crippen molar-refractivity contribution in [3.05, 3.63) is 58.6 Å². The van der Waals surface area contributed by atoms with E-state index in [4.69, 9.17) is 5.73 Å². The third-order valence-corrected chi connectivity index (χ3v) is 5.04. The van der Waals surface area contributed by atoms with Gasteiger partial charge in [-0.15, -0.1) is 0 Å². The second kappa shape index (κ2) is 5.84. The van der Waals surface area contributed by atoms with Crippen LogP contribution in [0.4, 0.5) is 4.39 Å². The van der Waals surface area contributed by atoms with E-state index in [0.717, 1.165) is 18.4 Å². The molecule has 0 fully saturated rings. The van der Waals surface area contributed by atoms with Gasteiger partial charge in [0.1, 0.15) is 11.9 Å². The van der Waals surface area contributed by atoms with Crippen LogP contribution in [0.1, 0.15) is 30.7 Å². The number of fused-ring (bicyclic) bond motifs is 1. The van der Waals surface area contributed by atoms with Crippen LogP contribution in [-0.4, -0.2) is 0 Å². The predicted molar refractivity (Wildman–Crippen MR) is 85.1 cm³/mol. The van der Waals surface area contributed by atoms with E-state index in [-0.39, 0.29) is 17.2 Å². The van der Waals surface area contributed by atoms with Crippen LogP contribution >= 0.6 is 0 Å². The average molecular weight is 318 g/mol. The maximum absolute atomic E-state index is 14.5. The molecule has 1 aromatic carbocycles. The summed E-state index contributed by atoms with van der Waals surface area (Å²) in [5.41, 5.74) is 5.57. The molecule has 5 heteroatoms. The van der Waals surface area contributed by atoms with Gasteiger partial charge in [-0.25, -0.2) is 4.39 Å². The minimum absolute atomic E-state index is 0.0624. The lowest BCUT2D eigenvalue weighted by atomic mass is 9.56. The van der Waals surface area contributed by atoms with Gasteiger partial charge < -0.3 is 5.73 Å². The quantitative estimate of drug-likeness (QED) is 0.857. The summed E-state index contributed by atoms with van der Waals surface area (Å²) in [6, 6.07) is 12.2. The first-order valence-corrected chi connectivity index (χ1v) is 7.78. The Hall–Kier alpha value is -3.10. The summed E-state index contributed by atoms with van der Waals surface area (Å²) in [5, 5.41) is 29.1. The first-order valence-electron chi connectivity index (χ1n) is 7.78. The number of nitrogens with zero attached hydrogens (tertiary/aromatic N) is 3. The number of halogens is 1. The minimum atomic E-state index is -1.74. The third-order valence-electron chi connectivity index (χ3n) is 5.04. The number of hydrogen-bond acceptors (Lipinski definition) is 4. The van der Waals surface area contributed by atoms with Crippen molar-refractivity contribution in [2.24, 2.45) is 17.1 Å². The summed E-state index contributed by atoms with van der Waals surface area (Å²) >= 11 is 0. The van der Waals surface area contributed by atoms with Crippen LogP contribution in [0, 0.1) is 51.1 Å². The molecule has 0 radical (unpaired) electrons. The molecule has 0 amide bonds. The lowest BCUT2D eigenvalue weighted by molar-refractivity contribution is 0.310. The Morgan fingerprint density at radius 3 is 2.50 bits per heavy atom. The second-order valence-corrected chi connectivity index (χ2v) is 6.13. The summed E-state index contributed by atoms with van der Waals surface area (Å²) in [4.78, 5) is 0. The molecule has 118 valence electrons. The van der Waals surface area contributed by atoms with E-state index >= 15 is 0 Å². The van der Waals surface area contributed by atoms with Gasteiger partial charge in [0.25, 0.3) is 0 Å². The van der Waals surface area contributed by atoms with Crippen molar-refractivity contribution in [1.29, 1.82) is 15.8 Å². The van der Waals surface area contributed by atoms with Gasteiger partial charge in [0.15, 0.2) is 5.41 Å². The molecular formula is C19H15FN4. The van der Waals surface area contributed by atoms with Crippen LogP contribution < -0.4 is 5.73 Å². The largest absolute Gasteiger partial charge is 0.399 e. The van der Waals surface area contributed by atoms with Gasteiger partial charge in [0.05, 0.1) is 23.4 Å². The Morgan fingerprint density at radius 2 is 1.88 bits per heavy atom. The number of nitrogens with two attached hydrogens (primary N) is 1. The van der Waals surface area contributed by atoms with Crippen molar-refractivity contribution in [3.63, 3.8) is 0 Å². The third kappa shape index (κ3) is 2.01. The highest BCUT2D eigenvalue weighted by Crippen LogP contribution is 2.56. The van der Waals surface area contributed by atoms with E-state index < -0.39 is 17.2 Å². The lowest BCUT2D eigenvalue weighted by Gasteiger charge is -2.43. The molecule has 0 aromatic heterocycles. The Bertz CT molecular complexity index is 862. The Morgan fingerprint density at radius 1 is 1.17 bits per heavy atom. The van der Waals surface area contributed by atoms with Crippen molar-refractivity contribution < 1.29 is 4.39 Å². The highest BCUT2D eigenvalue weighted by atomic mass is 19.1. The first kappa shape index (κ1) is 15.8. The molecule has 4 nitrogen and oxygen atoms in total. The van der Waals surface area contributed by atoms with Gasteiger partial charge in [0, 0.05) is 5.92 Å². The zero-order valence-corrected chi connectivity index (χ0v) is 13.0. The zero-order valence-electron chi connectivity index (χ0n) is 13.0. The average Bonchev–Trinajstić information content (AvgIpc) is 2.62. The summed E-state index contributed by atoms with van der Waals surface area (Å²) in [6.07, 6.45) is 4.30. The first-order chi connectivity index (χ1) is 11.6. The number of rotatable bonds is 1. The van der Waals surface area contributed by atoms with E-state index in [1.54, 1.807) is 18.2 Å². The van der Waals surface area contributed by atoms with Crippen molar-refractivity contribution in [2.75, 3.05) is 0 Å². The van der Waals surface area contributed by atoms with Crippen LogP contribution in [0.3, 0.4) is 0 Å². The van der Waals surface area contributed by atoms with Crippen LogP contribution in [0.25, 0.3) is 0 Å². The van der Waals surface area contributed by atoms with E-state index in [1.807, 2.05) is 18.2 Å². The zero-order chi connectivity index (χ0) is 17.3. The van der Waals surface area contributed by atoms with E-state index in [2.05, 4.69) is 6.07 Å². The normalized spacial score (nSPS) is 24.8. The van der Waals surface area contributed by atoms with E-state index in [1.165, 1.54) is 6.07 Å². The Balaban J connectivity index is 2.37. The predicted octanol–water partition coefficient (Wildman–Crippen LogP) is 3.42. The highest BCUT2D eigenvalue weighted by Gasteiger charge is 2.54. The topological polar surface area (TPSA) is 97.4 Å². The summed E-state index contributed by atoms with van der Waals surface area (Å²) in [6.45, 7) is 0. The van der Waals surface area contributed by atoms with Crippen molar-refractivity contribution in [1.82, 2.24) is 0 Å². The molecular weight excluding hydrogens is 303 g/mol. The van der Waals surface area contributed by atoms with E-state index in [9.17, 15) is 20.2 Å². The smallest absolute Gasteiger partial charge is 0.191 e. The van der Waals surface area contributed by atoms with Gasteiger partial charge in [-0.05, 0) is 42.4 Å². The fourth-order valence-corrected chi connectivity index (χ4v) is 3.94. The lowest BCUT2D eigenvalue weighted by Crippen LogP contribution is -2.43. The highest BCUT2D eigenvalue weighted by molar-refractivity contribution is 5.59. The molecule has 0 saturated carbocycles. The van der Waals surface area contributed by atoms with Gasteiger partial charge >= 0.3 is 0 Å². The molecule has 2 atom stereocenters. The van der Waals surface area contributed by atoms with Crippen LogP contribution in [-0.2, 0) is 0 Å². The maximum Gasteiger partial charge on any atom is 0.191 e. The monoisotopic (exact) mass is 318 g/mol. The summed E-state index contributed by atoms with van der Waals surface area (Å²) in [5.74, 6) is -1.45. The Labute approximate surface area is 139 Å². The van der Waals surface area contributed by atoms with Crippen molar-refractivity contribution in [2.45, 2.75) is 25.2 Å². The molecule has 1 aromatic rings. The van der Waals surface area contributed by atoms with Gasteiger partial charge in [-0.2, -0.15) is 15.8 Å². The molecule has 0 saturated heterocycles. The van der Waals surface area contributed by atoms with Crippen LogP contribution in [0.2, 0.25) is 0 Å². The number of nitriles is 3. The number of allylic oxidation sites excluding steroid dienone is 4. The molecule has 0 heterocycles. The fraction of sp³-hybridized carbons (Fsp3) is 0.316. The van der Waals surface area contributed by atoms with Crippen LogP contribution in [0.5, 0.6) is 0 Å². The molecule has 0 spiro atoms. The standard InChI is InChI=1S/C19H15FN4/c20-16-8-4-3-7-14(16)17-13-6-2-1-5-12(13)15(9-21)18(24)19(17,10-22)11-23/h3-5,7-8,13,17H,1-2,6,24H2/t13-,17-/m0/s1.